The summed E-state index contributed by atoms with van der Waals surface area (Å²) < 4.78 is 0. The summed E-state index contributed by atoms with van der Waals surface area (Å²) in [5.41, 5.74) is 0.618. The molecule has 0 unspecified atom stereocenters. The molecule has 0 heterocycles. The maximum atomic E-state index is 10.5. The van der Waals surface area contributed by atoms with Crippen molar-refractivity contribution in [2.24, 2.45) is 0 Å². The molecule has 1 aliphatic rings. The molecule has 0 bridgehead atoms. The summed E-state index contributed by atoms with van der Waals surface area (Å²) in [6.07, 6.45) is 9.00. The first-order valence-electron chi connectivity index (χ1n) is 6.59. The lowest BCUT2D eigenvalue weighted by atomic mass is 10.0. The summed E-state index contributed by atoms with van der Waals surface area (Å²) in [7, 11) is 0. The van der Waals surface area contributed by atoms with Crippen LogP contribution >= 0.6 is 0 Å². The molecule has 1 aliphatic carbocycles. The van der Waals surface area contributed by atoms with E-state index in [1.165, 1.54) is 50.7 Å². The topological polar surface area (TPSA) is 74.6 Å². The molecule has 0 atom stereocenters. The fourth-order valence-corrected chi connectivity index (χ4v) is 2.09. The third-order valence-electron chi connectivity index (χ3n) is 3.07. The maximum absolute atomic E-state index is 10.5. The molecule has 0 spiro atoms. The van der Waals surface area contributed by atoms with Gasteiger partial charge in [0.25, 0.3) is 0 Å². The van der Waals surface area contributed by atoms with Gasteiger partial charge < -0.3 is 10.2 Å². The van der Waals surface area contributed by atoms with Gasteiger partial charge in [0.15, 0.2) is 0 Å². The van der Waals surface area contributed by atoms with Crippen LogP contribution < -0.4 is 0 Å². The predicted molar refractivity (Wildman–Crippen MR) is 72.8 cm³/mol. The van der Waals surface area contributed by atoms with Crippen LogP contribution in [0, 0.1) is 6.92 Å². The average molecular weight is 264 g/mol. The summed E-state index contributed by atoms with van der Waals surface area (Å²) in [6, 6.07) is 3.99. The normalized spacial score (nSPS) is 14.2. The molecule has 2 N–H and O–H groups in total. The molecule has 0 aromatic heterocycles. The molecule has 19 heavy (non-hydrogen) atoms. The van der Waals surface area contributed by atoms with Crippen molar-refractivity contribution in [2.75, 3.05) is 0 Å². The standard InChI is InChI=1S/C9H8O4.C6H12/c1-5-2-6(8(10)11)4-7(3-5)9(12)13;1-2-4-6-5-3-1/h2-4H,1H3,(H,10,11)(H,12,13);1-6H2. The van der Waals surface area contributed by atoms with Crippen molar-refractivity contribution in [1.29, 1.82) is 0 Å². The van der Waals surface area contributed by atoms with E-state index in [-0.39, 0.29) is 11.1 Å². The van der Waals surface area contributed by atoms with Crippen LogP contribution in [-0.2, 0) is 0 Å². The van der Waals surface area contributed by atoms with E-state index in [1.54, 1.807) is 6.92 Å². The fraction of sp³-hybridized carbons (Fsp3) is 0.467. The average Bonchev–Trinajstić information content (AvgIpc) is 2.40. The van der Waals surface area contributed by atoms with Crippen molar-refractivity contribution < 1.29 is 19.8 Å². The van der Waals surface area contributed by atoms with E-state index in [2.05, 4.69) is 0 Å². The van der Waals surface area contributed by atoms with E-state index in [0.717, 1.165) is 6.07 Å². The Morgan fingerprint density at radius 2 is 1.11 bits per heavy atom. The quantitative estimate of drug-likeness (QED) is 0.853. The van der Waals surface area contributed by atoms with Crippen LogP contribution in [0.25, 0.3) is 0 Å². The van der Waals surface area contributed by atoms with E-state index in [0.29, 0.717) is 5.56 Å². The number of aromatic carboxylic acids is 2. The number of rotatable bonds is 2. The number of hydrogen-bond acceptors (Lipinski definition) is 2. The molecule has 1 saturated carbocycles. The van der Waals surface area contributed by atoms with Gasteiger partial charge in [-0.05, 0) is 30.7 Å². The fourth-order valence-electron chi connectivity index (χ4n) is 2.09. The van der Waals surface area contributed by atoms with Gasteiger partial charge in [-0.25, -0.2) is 9.59 Å². The Morgan fingerprint density at radius 1 is 0.789 bits per heavy atom. The molecular weight excluding hydrogens is 244 g/mol. The minimum absolute atomic E-state index is 0.00241. The maximum Gasteiger partial charge on any atom is 0.335 e. The third-order valence-corrected chi connectivity index (χ3v) is 3.07. The number of carboxylic acids is 2. The number of carboxylic acid groups (broad SMARTS) is 2. The third kappa shape index (κ3) is 5.55. The van der Waals surface area contributed by atoms with E-state index in [4.69, 9.17) is 10.2 Å². The van der Waals surface area contributed by atoms with Gasteiger partial charge in [0.05, 0.1) is 11.1 Å². The van der Waals surface area contributed by atoms with Crippen LogP contribution in [0.4, 0.5) is 0 Å². The van der Waals surface area contributed by atoms with Crippen LogP contribution in [0.1, 0.15) is 64.8 Å². The lowest BCUT2D eigenvalue weighted by Gasteiger charge is -2.05. The van der Waals surface area contributed by atoms with Gasteiger partial charge in [-0.3, -0.25) is 0 Å². The number of benzene rings is 1. The highest BCUT2D eigenvalue weighted by Crippen LogP contribution is 2.15. The Bertz CT molecular complexity index is 404. The molecule has 0 saturated heterocycles. The molecule has 104 valence electrons. The molecule has 0 amide bonds. The Hall–Kier alpha value is -1.84. The molecule has 0 aliphatic heterocycles. The highest BCUT2D eigenvalue weighted by molar-refractivity contribution is 5.94. The molecule has 1 aromatic carbocycles. The lowest BCUT2D eigenvalue weighted by molar-refractivity contribution is 0.0696. The first-order valence-corrected chi connectivity index (χ1v) is 6.59. The Kier molecular flexibility index (Phi) is 6.06. The van der Waals surface area contributed by atoms with Gasteiger partial charge >= 0.3 is 11.9 Å². The van der Waals surface area contributed by atoms with Crippen molar-refractivity contribution >= 4 is 11.9 Å². The summed E-state index contributed by atoms with van der Waals surface area (Å²) in [6.45, 7) is 1.65. The van der Waals surface area contributed by atoms with Gasteiger partial charge in [-0.2, -0.15) is 0 Å². The van der Waals surface area contributed by atoms with Crippen LogP contribution in [0.3, 0.4) is 0 Å². The molecular formula is C15H20O4. The SMILES string of the molecule is C1CCCCC1.Cc1cc(C(=O)O)cc(C(=O)O)c1. The van der Waals surface area contributed by atoms with E-state index in [1.807, 2.05) is 0 Å². The first-order chi connectivity index (χ1) is 9.00. The molecule has 4 nitrogen and oxygen atoms in total. The second-order valence-electron chi connectivity index (χ2n) is 4.82. The van der Waals surface area contributed by atoms with Crippen molar-refractivity contribution in [1.82, 2.24) is 0 Å². The summed E-state index contributed by atoms with van der Waals surface area (Å²) >= 11 is 0. The van der Waals surface area contributed by atoms with Gasteiger partial charge in [-0.1, -0.05) is 38.5 Å². The number of hydrogen-bond donors (Lipinski definition) is 2. The predicted octanol–water partition coefficient (Wildman–Crippen LogP) is 3.73. The van der Waals surface area contributed by atoms with Crippen LogP contribution in [0.15, 0.2) is 18.2 Å². The van der Waals surface area contributed by atoms with Crippen LogP contribution in [0.5, 0.6) is 0 Å². The minimum Gasteiger partial charge on any atom is -0.478 e. The Morgan fingerprint density at radius 3 is 1.37 bits per heavy atom. The highest BCUT2D eigenvalue weighted by Gasteiger charge is 2.09. The minimum atomic E-state index is -1.12. The van der Waals surface area contributed by atoms with Crippen molar-refractivity contribution in [2.45, 2.75) is 45.4 Å². The van der Waals surface area contributed by atoms with Crippen LogP contribution in [-0.4, -0.2) is 22.2 Å². The zero-order valence-electron chi connectivity index (χ0n) is 11.2. The van der Waals surface area contributed by atoms with Crippen molar-refractivity contribution in [3.05, 3.63) is 34.9 Å². The van der Waals surface area contributed by atoms with Crippen molar-refractivity contribution in [3.8, 4) is 0 Å². The van der Waals surface area contributed by atoms with E-state index in [9.17, 15) is 9.59 Å². The van der Waals surface area contributed by atoms with E-state index >= 15 is 0 Å². The first kappa shape index (κ1) is 15.2. The molecule has 2 rings (SSSR count). The van der Waals surface area contributed by atoms with Gasteiger partial charge in [0.1, 0.15) is 0 Å². The van der Waals surface area contributed by atoms with Crippen molar-refractivity contribution in [3.63, 3.8) is 0 Å². The second kappa shape index (κ2) is 7.56. The van der Waals surface area contributed by atoms with Crippen LogP contribution in [0.2, 0.25) is 0 Å². The zero-order chi connectivity index (χ0) is 14.3. The molecule has 1 fully saturated rings. The van der Waals surface area contributed by atoms with Gasteiger partial charge in [0, 0.05) is 0 Å². The Labute approximate surface area is 113 Å². The second-order valence-corrected chi connectivity index (χ2v) is 4.82. The molecule has 4 heteroatoms. The van der Waals surface area contributed by atoms with Gasteiger partial charge in [0.2, 0.25) is 0 Å². The lowest BCUT2D eigenvalue weighted by Crippen LogP contribution is -2.02. The zero-order valence-corrected chi connectivity index (χ0v) is 11.2. The highest BCUT2D eigenvalue weighted by atomic mass is 16.4. The largest absolute Gasteiger partial charge is 0.478 e. The number of aryl methyl sites for hydroxylation is 1. The monoisotopic (exact) mass is 264 g/mol. The molecule has 1 aromatic rings. The summed E-state index contributed by atoms with van der Waals surface area (Å²) in [4.78, 5) is 21.1. The number of carbonyl (C=O) groups is 2. The van der Waals surface area contributed by atoms with E-state index < -0.39 is 11.9 Å². The molecule has 0 radical (unpaired) electrons. The smallest absolute Gasteiger partial charge is 0.335 e. The summed E-state index contributed by atoms with van der Waals surface area (Å²) in [5, 5.41) is 17.2. The van der Waals surface area contributed by atoms with Gasteiger partial charge in [-0.15, -0.1) is 0 Å². The summed E-state index contributed by atoms with van der Waals surface area (Å²) in [5.74, 6) is -2.24. The Balaban J connectivity index is 0.000000250.